The van der Waals surface area contributed by atoms with Gasteiger partial charge in [-0.3, -0.25) is 0 Å². The average molecular weight is 209 g/mol. The van der Waals surface area contributed by atoms with Crippen LogP contribution in [-0.4, -0.2) is 13.0 Å². The summed E-state index contributed by atoms with van der Waals surface area (Å²) in [6.07, 6.45) is 0. The first kappa shape index (κ1) is 12.7. The molecule has 7 heteroatoms. The largest absolute Gasteiger partial charge is 1.00 e. The Morgan fingerprint density at radius 2 is 1.62 bits per heavy atom. The summed E-state index contributed by atoms with van der Waals surface area (Å²) in [5.41, 5.74) is 0.0856. The van der Waals surface area contributed by atoms with E-state index in [0.717, 1.165) is 24.3 Å². The van der Waals surface area contributed by atoms with E-state index in [1.807, 2.05) is 0 Å². The molecule has 0 aliphatic rings. The standard InChI is InChI=1S/C6H5NO4S.Na/c8-7-5-1-3-6(4-2-5)12(9,10)11;/h1-4H,(H,9,10,11);/q;+1/p-1. The third-order valence-corrected chi connectivity index (χ3v) is 2.08. The second-order valence-corrected chi connectivity index (χ2v) is 3.42. The van der Waals surface area contributed by atoms with E-state index in [1.165, 1.54) is 0 Å². The van der Waals surface area contributed by atoms with Crippen molar-refractivity contribution < 1.29 is 42.5 Å². The van der Waals surface area contributed by atoms with E-state index in [-0.39, 0.29) is 40.1 Å². The predicted molar refractivity (Wildman–Crippen MR) is 39.9 cm³/mol. The first-order valence-corrected chi connectivity index (χ1v) is 4.34. The molecular weight excluding hydrogens is 205 g/mol. The fourth-order valence-electron chi connectivity index (χ4n) is 0.674. The molecule has 0 amide bonds. The normalized spacial score (nSPS) is 10.2. The van der Waals surface area contributed by atoms with Crippen molar-refractivity contribution >= 4 is 15.8 Å². The molecule has 0 unspecified atom stereocenters. The van der Waals surface area contributed by atoms with Gasteiger partial charge in [0.1, 0.15) is 15.8 Å². The van der Waals surface area contributed by atoms with Crippen molar-refractivity contribution in [3.8, 4) is 0 Å². The van der Waals surface area contributed by atoms with Crippen molar-refractivity contribution in [2.45, 2.75) is 4.90 Å². The molecule has 0 aliphatic carbocycles. The van der Waals surface area contributed by atoms with E-state index in [2.05, 4.69) is 5.18 Å². The van der Waals surface area contributed by atoms with Gasteiger partial charge in [-0.05, 0) is 29.4 Å². The van der Waals surface area contributed by atoms with Crippen LogP contribution >= 0.6 is 0 Å². The van der Waals surface area contributed by atoms with Gasteiger partial charge in [-0.25, -0.2) is 8.42 Å². The first-order chi connectivity index (χ1) is 5.54. The zero-order valence-corrected chi connectivity index (χ0v) is 9.61. The summed E-state index contributed by atoms with van der Waals surface area (Å²) in [5.74, 6) is 0. The third-order valence-electron chi connectivity index (χ3n) is 1.23. The minimum absolute atomic E-state index is 0. The van der Waals surface area contributed by atoms with Gasteiger partial charge in [0.25, 0.3) is 0 Å². The molecule has 0 saturated carbocycles. The van der Waals surface area contributed by atoms with Crippen LogP contribution in [0, 0.1) is 4.91 Å². The Kier molecular flexibility index (Phi) is 4.72. The molecule has 64 valence electrons. The summed E-state index contributed by atoms with van der Waals surface area (Å²) < 4.78 is 31.1. The van der Waals surface area contributed by atoms with Gasteiger partial charge in [0.2, 0.25) is 0 Å². The second-order valence-electron chi connectivity index (χ2n) is 2.04. The minimum atomic E-state index is -4.42. The Morgan fingerprint density at radius 1 is 1.15 bits per heavy atom. The molecule has 0 saturated heterocycles. The number of hydrogen-bond donors (Lipinski definition) is 0. The molecule has 13 heavy (non-hydrogen) atoms. The van der Waals surface area contributed by atoms with E-state index in [1.54, 1.807) is 0 Å². The van der Waals surface area contributed by atoms with Crippen LogP contribution < -0.4 is 29.6 Å². The SMILES string of the molecule is O=Nc1ccc(S(=O)(=O)[O-])cc1.[Na+]. The molecule has 5 nitrogen and oxygen atoms in total. The molecule has 0 N–H and O–H groups in total. The van der Waals surface area contributed by atoms with Crippen molar-refractivity contribution in [1.82, 2.24) is 0 Å². The van der Waals surface area contributed by atoms with Crippen LogP contribution in [0.5, 0.6) is 0 Å². The van der Waals surface area contributed by atoms with Gasteiger partial charge in [0, 0.05) is 0 Å². The summed E-state index contributed by atoms with van der Waals surface area (Å²) in [5, 5.41) is 2.55. The molecule has 0 aliphatic heterocycles. The van der Waals surface area contributed by atoms with Gasteiger partial charge < -0.3 is 4.55 Å². The van der Waals surface area contributed by atoms with Crippen molar-refractivity contribution in [3.63, 3.8) is 0 Å². The van der Waals surface area contributed by atoms with E-state index < -0.39 is 10.1 Å². The Bertz CT molecular complexity index is 386. The molecule has 0 atom stereocenters. The van der Waals surface area contributed by atoms with Gasteiger partial charge >= 0.3 is 29.6 Å². The minimum Gasteiger partial charge on any atom is -0.744 e. The number of hydrogen-bond acceptors (Lipinski definition) is 5. The average Bonchev–Trinajstić information content (AvgIpc) is 2.03. The summed E-state index contributed by atoms with van der Waals surface area (Å²) in [7, 11) is -4.42. The Balaban J connectivity index is 0.00000144. The summed E-state index contributed by atoms with van der Waals surface area (Å²) in [6, 6.07) is 4.41. The Hall–Kier alpha value is -0.270. The molecule has 1 aromatic carbocycles. The van der Waals surface area contributed by atoms with E-state index in [4.69, 9.17) is 0 Å². The monoisotopic (exact) mass is 209 g/mol. The Labute approximate surface area is 97.2 Å². The van der Waals surface area contributed by atoms with Gasteiger partial charge in [-0.15, -0.1) is 4.91 Å². The molecule has 1 rings (SSSR count). The van der Waals surface area contributed by atoms with Crippen LogP contribution in [0.3, 0.4) is 0 Å². The van der Waals surface area contributed by atoms with E-state index in [9.17, 15) is 17.9 Å². The summed E-state index contributed by atoms with van der Waals surface area (Å²) in [6.45, 7) is 0. The topological polar surface area (TPSA) is 86.6 Å². The smallest absolute Gasteiger partial charge is 0.744 e. The predicted octanol–water partition coefficient (Wildman–Crippen LogP) is -2.01. The van der Waals surface area contributed by atoms with Crippen molar-refractivity contribution in [2.75, 3.05) is 0 Å². The fourth-order valence-corrected chi connectivity index (χ4v) is 1.14. The molecule has 0 fully saturated rings. The fraction of sp³-hybridized carbons (Fsp3) is 0. The molecule has 0 aromatic heterocycles. The first-order valence-electron chi connectivity index (χ1n) is 2.93. The van der Waals surface area contributed by atoms with Crippen molar-refractivity contribution in [1.29, 1.82) is 0 Å². The maximum absolute atomic E-state index is 10.4. The van der Waals surface area contributed by atoms with Crippen molar-refractivity contribution in [2.24, 2.45) is 5.18 Å². The Morgan fingerprint density at radius 3 is 1.92 bits per heavy atom. The van der Waals surface area contributed by atoms with Crippen LogP contribution in [-0.2, 0) is 10.1 Å². The number of rotatable bonds is 2. The number of nitroso groups, excluding NO2 is 1. The zero-order chi connectivity index (χ0) is 9.19. The van der Waals surface area contributed by atoms with Crippen LogP contribution in [0.4, 0.5) is 5.69 Å². The van der Waals surface area contributed by atoms with E-state index >= 15 is 0 Å². The van der Waals surface area contributed by atoms with Crippen molar-refractivity contribution in [3.05, 3.63) is 29.2 Å². The molecule has 0 spiro atoms. The van der Waals surface area contributed by atoms with Crippen LogP contribution in [0.2, 0.25) is 0 Å². The maximum atomic E-state index is 10.4. The van der Waals surface area contributed by atoms with Crippen LogP contribution in [0.1, 0.15) is 0 Å². The third kappa shape index (κ3) is 3.53. The molecule has 0 heterocycles. The number of benzene rings is 1. The molecule has 0 bridgehead atoms. The zero-order valence-electron chi connectivity index (χ0n) is 6.80. The maximum Gasteiger partial charge on any atom is 1.00 e. The molecule has 1 aromatic rings. The van der Waals surface area contributed by atoms with Gasteiger partial charge in [-0.2, -0.15) is 0 Å². The van der Waals surface area contributed by atoms with E-state index in [0.29, 0.717) is 0 Å². The van der Waals surface area contributed by atoms with Gasteiger partial charge in [0.15, 0.2) is 0 Å². The van der Waals surface area contributed by atoms with Crippen LogP contribution in [0.15, 0.2) is 34.3 Å². The molecular formula is C6H4NNaO4S. The summed E-state index contributed by atoms with van der Waals surface area (Å²) >= 11 is 0. The second kappa shape index (κ2) is 4.83. The van der Waals surface area contributed by atoms with Crippen LogP contribution in [0.25, 0.3) is 0 Å². The summed E-state index contributed by atoms with van der Waals surface area (Å²) in [4.78, 5) is 9.52. The number of nitrogens with zero attached hydrogens (tertiary/aromatic N) is 1. The quantitative estimate of drug-likeness (QED) is 0.320. The molecule has 0 radical (unpaired) electrons. The van der Waals surface area contributed by atoms with Gasteiger partial charge in [-0.1, -0.05) is 0 Å². The van der Waals surface area contributed by atoms with Gasteiger partial charge in [0.05, 0.1) is 4.90 Å².